The van der Waals surface area contributed by atoms with Crippen molar-refractivity contribution in [3.05, 3.63) is 24.3 Å². The standard InChI is InChI=1S/C21H35NO5/c1-3-4-9-13-21(2,26)14-12-16-17(19(23)15-18(16)22-27)10-7-5-6-8-11-20(24)25/h5,7,12,14,16-17,19,23,26-27H,3-4,6,8-11,13,15H2,1-2H3,(H,24,25)/b7-5-,14-12+,22-18-. The Balaban J connectivity index is 2.67. The van der Waals surface area contributed by atoms with Crippen LogP contribution in [0.3, 0.4) is 0 Å². The third-order valence-electron chi connectivity index (χ3n) is 5.17. The van der Waals surface area contributed by atoms with Crippen LogP contribution < -0.4 is 0 Å². The van der Waals surface area contributed by atoms with Crippen LogP contribution in [-0.2, 0) is 4.79 Å². The van der Waals surface area contributed by atoms with E-state index in [0.717, 1.165) is 19.3 Å². The van der Waals surface area contributed by atoms with Crippen LogP contribution >= 0.6 is 0 Å². The van der Waals surface area contributed by atoms with Crippen molar-refractivity contribution in [3.63, 3.8) is 0 Å². The monoisotopic (exact) mass is 381 g/mol. The van der Waals surface area contributed by atoms with E-state index >= 15 is 0 Å². The first kappa shape index (κ1) is 23.4. The molecule has 6 heteroatoms. The number of aliphatic carboxylic acids is 1. The van der Waals surface area contributed by atoms with Crippen molar-refractivity contribution in [1.29, 1.82) is 0 Å². The molecule has 0 aromatic rings. The Morgan fingerprint density at radius 3 is 2.67 bits per heavy atom. The van der Waals surface area contributed by atoms with E-state index in [4.69, 9.17) is 5.11 Å². The van der Waals surface area contributed by atoms with E-state index in [1.165, 1.54) is 0 Å². The van der Waals surface area contributed by atoms with Gasteiger partial charge in [0.25, 0.3) is 0 Å². The van der Waals surface area contributed by atoms with E-state index in [1.54, 1.807) is 13.0 Å². The molecule has 1 rings (SSSR count). The fourth-order valence-corrected chi connectivity index (χ4v) is 3.52. The van der Waals surface area contributed by atoms with Gasteiger partial charge >= 0.3 is 5.97 Å². The first-order chi connectivity index (χ1) is 12.8. The van der Waals surface area contributed by atoms with Crippen LogP contribution in [-0.4, -0.2) is 43.9 Å². The molecule has 0 heterocycles. The highest BCUT2D eigenvalue weighted by Crippen LogP contribution is 2.35. The first-order valence-corrected chi connectivity index (χ1v) is 9.98. The lowest BCUT2D eigenvalue weighted by atomic mass is 9.88. The molecule has 154 valence electrons. The summed E-state index contributed by atoms with van der Waals surface area (Å²) in [6.07, 6.45) is 13.1. The molecular weight excluding hydrogens is 346 g/mol. The zero-order valence-corrected chi connectivity index (χ0v) is 16.5. The topological polar surface area (TPSA) is 110 Å². The van der Waals surface area contributed by atoms with Gasteiger partial charge in [-0.15, -0.1) is 0 Å². The summed E-state index contributed by atoms with van der Waals surface area (Å²) in [5, 5.41) is 42.1. The van der Waals surface area contributed by atoms with Gasteiger partial charge in [0.1, 0.15) is 0 Å². The van der Waals surface area contributed by atoms with Crippen LogP contribution in [0.2, 0.25) is 0 Å². The Morgan fingerprint density at radius 2 is 2.04 bits per heavy atom. The van der Waals surface area contributed by atoms with Crippen molar-refractivity contribution < 1.29 is 25.3 Å². The minimum Gasteiger partial charge on any atom is -0.481 e. The molecule has 0 saturated heterocycles. The molecule has 0 spiro atoms. The molecule has 27 heavy (non-hydrogen) atoms. The van der Waals surface area contributed by atoms with Gasteiger partial charge in [-0.3, -0.25) is 4.79 Å². The average molecular weight is 382 g/mol. The molecule has 0 aromatic heterocycles. The smallest absolute Gasteiger partial charge is 0.303 e. The predicted octanol–water partition coefficient (Wildman–Crippen LogP) is 3.90. The van der Waals surface area contributed by atoms with Crippen LogP contribution in [0.1, 0.15) is 71.6 Å². The molecule has 4 N–H and O–H groups in total. The lowest BCUT2D eigenvalue weighted by molar-refractivity contribution is -0.137. The molecule has 6 nitrogen and oxygen atoms in total. The summed E-state index contributed by atoms with van der Waals surface area (Å²) in [6.45, 7) is 3.89. The highest BCUT2D eigenvalue weighted by Gasteiger charge is 2.38. The van der Waals surface area contributed by atoms with Crippen molar-refractivity contribution in [2.75, 3.05) is 0 Å². The van der Waals surface area contributed by atoms with Gasteiger partial charge in [0, 0.05) is 24.7 Å². The number of carboxylic acids is 1. The number of carbonyl (C=O) groups is 1. The van der Waals surface area contributed by atoms with Gasteiger partial charge in [-0.2, -0.15) is 0 Å². The zero-order valence-electron chi connectivity index (χ0n) is 16.5. The van der Waals surface area contributed by atoms with Crippen LogP contribution in [0, 0.1) is 11.8 Å². The largest absolute Gasteiger partial charge is 0.481 e. The fraction of sp³-hybridized carbons (Fsp3) is 0.714. The third kappa shape index (κ3) is 8.71. The fourth-order valence-electron chi connectivity index (χ4n) is 3.52. The summed E-state index contributed by atoms with van der Waals surface area (Å²) < 4.78 is 0. The lowest BCUT2D eigenvalue weighted by Gasteiger charge is -2.22. The van der Waals surface area contributed by atoms with Crippen LogP contribution in [0.25, 0.3) is 0 Å². The molecule has 0 amide bonds. The third-order valence-corrected chi connectivity index (χ3v) is 5.17. The first-order valence-electron chi connectivity index (χ1n) is 9.98. The van der Waals surface area contributed by atoms with E-state index in [-0.39, 0.29) is 18.3 Å². The quantitative estimate of drug-likeness (QED) is 0.177. The molecule has 0 aromatic carbocycles. The van der Waals surface area contributed by atoms with Crippen LogP contribution in [0.4, 0.5) is 0 Å². The van der Waals surface area contributed by atoms with E-state index in [1.807, 2.05) is 18.2 Å². The van der Waals surface area contributed by atoms with Gasteiger partial charge < -0.3 is 20.5 Å². The molecule has 0 bridgehead atoms. The second-order valence-electron chi connectivity index (χ2n) is 7.72. The summed E-state index contributed by atoms with van der Waals surface area (Å²) in [7, 11) is 0. The number of hydrogen-bond acceptors (Lipinski definition) is 5. The number of nitrogens with zero attached hydrogens (tertiary/aromatic N) is 1. The van der Waals surface area contributed by atoms with Crippen molar-refractivity contribution in [2.45, 2.75) is 83.3 Å². The highest BCUT2D eigenvalue weighted by atomic mass is 16.4. The van der Waals surface area contributed by atoms with Gasteiger partial charge in [0.2, 0.25) is 0 Å². The molecule has 4 unspecified atom stereocenters. The summed E-state index contributed by atoms with van der Waals surface area (Å²) in [5.74, 6) is -1.13. The van der Waals surface area contributed by atoms with E-state index in [9.17, 15) is 20.2 Å². The second-order valence-corrected chi connectivity index (χ2v) is 7.72. The van der Waals surface area contributed by atoms with E-state index in [0.29, 0.717) is 37.8 Å². The number of aliphatic hydroxyl groups is 2. The maximum absolute atomic E-state index is 10.5. The average Bonchev–Trinajstić information content (AvgIpc) is 2.91. The van der Waals surface area contributed by atoms with Gasteiger partial charge in [0.05, 0.1) is 17.4 Å². The maximum Gasteiger partial charge on any atom is 0.303 e. The second kappa shape index (κ2) is 11.9. The maximum atomic E-state index is 10.5. The molecular formula is C21H35NO5. The Bertz CT molecular complexity index is 539. The van der Waals surface area contributed by atoms with Gasteiger partial charge in [-0.1, -0.05) is 55.6 Å². The van der Waals surface area contributed by atoms with Crippen molar-refractivity contribution in [3.8, 4) is 0 Å². The lowest BCUT2D eigenvalue weighted by Crippen LogP contribution is -2.23. The van der Waals surface area contributed by atoms with Gasteiger partial charge in [-0.25, -0.2) is 0 Å². The zero-order chi connectivity index (χ0) is 20.3. The molecule has 1 saturated carbocycles. The Labute approximate surface area is 162 Å². The minimum atomic E-state index is -0.916. The molecule has 4 atom stereocenters. The predicted molar refractivity (Wildman–Crippen MR) is 106 cm³/mol. The summed E-state index contributed by atoms with van der Waals surface area (Å²) in [5.41, 5.74) is -0.382. The number of carboxylic acid groups (broad SMARTS) is 1. The number of allylic oxidation sites excluding steroid dienone is 3. The summed E-state index contributed by atoms with van der Waals surface area (Å²) in [6, 6.07) is 0. The normalized spacial score (nSPS) is 27.0. The molecule has 1 aliphatic carbocycles. The van der Waals surface area contributed by atoms with Crippen LogP contribution in [0.5, 0.6) is 0 Å². The number of oxime groups is 1. The highest BCUT2D eigenvalue weighted by molar-refractivity contribution is 5.90. The summed E-state index contributed by atoms with van der Waals surface area (Å²) in [4.78, 5) is 10.5. The molecule has 1 fully saturated rings. The molecule has 1 aliphatic rings. The van der Waals surface area contributed by atoms with Gasteiger partial charge in [-0.05, 0) is 32.6 Å². The van der Waals surface area contributed by atoms with Gasteiger partial charge in [0.15, 0.2) is 0 Å². The summed E-state index contributed by atoms with van der Waals surface area (Å²) >= 11 is 0. The SMILES string of the molecule is CCCCCC(C)(O)/C=C/C1/C(=N\O)CC(O)C1C/C=C\CCCC(=O)O. The minimum absolute atomic E-state index is 0.116. The number of unbranched alkanes of at least 4 members (excludes halogenated alkanes) is 3. The van der Waals surface area contributed by atoms with Crippen LogP contribution in [0.15, 0.2) is 29.5 Å². The molecule has 0 aliphatic heterocycles. The van der Waals surface area contributed by atoms with E-state index < -0.39 is 17.7 Å². The number of rotatable bonds is 12. The molecule has 0 radical (unpaired) electrons. The Hall–Kier alpha value is -1.66. The van der Waals surface area contributed by atoms with Crippen molar-refractivity contribution in [1.82, 2.24) is 0 Å². The Kier molecular flexibility index (Phi) is 10.3. The Morgan fingerprint density at radius 1 is 1.30 bits per heavy atom. The number of hydrogen-bond donors (Lipinski definition) is 4. The number of aliphatic hydroxyl groups excluding tert-OH is 1. The van der Waals surface area contributed by atoms with E-state index in [2.05, 4.69) is 12.1 Å². The van der Waals surface area contributed by atoms with Crippen molar-refractivity contribution >= 4 is 11.7 Å². The van der Waals surface area contributed by atoms with Crippen molar-refractivity contribution in [2.24, 2.45) is 17.0 Å².